The summed E-state index contributed by atoms with van der Waals surface area (Å²) in [6, 6.07) is 5.96. The number of primary amides is 1. The maximum absolute atomic E-state index is 10.6. The van der Waals surface area contributed by atoms with Crippen LogP contribution in [0.5, 0.6) is 0 Å². The number of carbonyl (C=O) groups is 1. The molecular weight excluding hydrogens is 157 g/mol. The van der Waals surface area contributed by atoms with Crippen LogP contribution in [0.25, 0.3) is 0 Å². The summed E-state index contributed by atoms with van der Waals surface area (Å²) in [4.78, 5) is 10.6. The molecule has 0 saturated carbocycles. The van der Waals surface area contributed by atoms with Gasteiger partial charge in [-0.25, -0.2) is 0 Å². The van der Waals surface area contributed by atoms with Crippen LogP contribution in [-0.2, 0) is 0 Å². The second-order valence-electron chi connectivity index (χ2n) is 2.39. The minimum atomic E-state index is -1.26. The molecule has 0 aliphatic carbocycles. The first kappa shape index (κ1) is 8.77. The topological polar surface area (TPSA) is 86.2 Å². The first-order valence-electron chi connectivity index (χ1n) is 3.40. The lowest BCUT2D eigenvalue weighted by Crippen LogP contribution is -2.29. The van der Waals surface area contributed by atoms with Crippen LogP contribution in [0, 0.1) is 0 Å². The van der Waals surface area contributed by atoms with E-state index in [-0.39, 0.29) is 0 Å². The average Bonchev–Trinajstić information content (AvgIpc) is 2.04. The van der Waals surface area contributed by atoms with Crippen molar-refractivity contribution < 1.29 is 14.8 Å². The Kier molecular flexibility index (Phi) is 2.47. The first-order chi connectivity index (χ1) is 5.61. The van der Waals surface area contributed by atoms with Crippen molar-refractivity contribution in [3.63, 3.8) is 0 Å². The van der Waals surface area contributed by atoms with E-state index < -0.39 is 13.0 Å². The maximum Gasteiger partial charge on any atom is 0.727 e. The molecule has 62 valence electrons. The second-order valence-corrected chi connectivity index (χ2v) is 2.39. The van der Waals surface area contributed by atoms with E-state index in [2.05, 4.69) is 0 Å². The van der Waals surface area contributed by atoms with Gasteiger partial charge in [-0.3, -0.25) is 4.79 Å². The molecule has 0 aliphatic heterocycles. The van der Waals surface area contributed by atoms with Gasteiger partial charge in [-0.15, -0.1) is 0 Å². The molecule has 0 spiro atoms. The Balaban J connectivity index is 2.93. The molecule has 0 atom stereocenters. The highest BCUT2D eigenvalue weighted by atomic mass is 16.4. The van der Waals surface area contributed by atoms with Gasteiger partial charge in [-0.1, -0.05) is 12.1 Å². The van der Waals surface area contributed by atoms with Crippen LogP contribution >= 0.6 is 0 Å². The van der Waals surface area contributed by atoms with Crippen molar-refractivity contribution in [1.29, 1.82) is 0 Å². The summed E-state index contributed by atoms with van der Waals surface area (Å²) >= 11 is 0. The van der Waals surface area contributed by atoms with Gasteiger partial charge in [-0.05, 0) is 12.1 Å². The Bertz CT molecular complexity index is 283. The van der Waals surface area contributed by atoms with Crippen molar-refractivity contribution in [2.24, 2.45) is 5.73 Å². The van der Waals surface area contributed by atoms with E-state index in [1.165, 1.54) is 24.3 Å². The van der Waals surface area contributed by atoms with Gasteiger partial charge in [0.15, 0.2) is 0 Å². The molecule has 1 amide bonds. The van der Waals surface area contributed by atoms with E-state index in [0.717, 1.165) is 0 Å². The van der Waals surface area contributed by atoms with Crippen LogP contribution < -0.4 is 11.2 Å². The fourth-order valence-electron chi connectivity index (χ4n) is 0.830. The van der Waals surface area contributed by atoms with E-state index in [4.69, 9.17) is 15.8 Å². The number of rotatable bonds is 2. The number of amides is 1. The summed E-state index contributed by atoms with van der Waals surface area (Å²) in [6.45, 7) is 0. The zero-order chi connectivity index (χ0) is 9.14. The largest absolute Gasteiger partial charge is 0.727 e. The molecule has 4 nitrogen and oxygen atoms in total. The molecule has 1 rings (SSSR count). The Labute approximate surface area is 69.8 Å². The Hall–Kier alpha value is -1.33. The lowest BCUT2D eigenvalue weighted by molar-refractivity contribution is 0.100. The Morgan fingerprint density at radius 1 is 1.42 bits per heavy atom. The van der Waals surface area contributed by atoms with Crippen molar-refractivity contribution >= 4 is 18.5 Å². The van der Waals surface area contributed by atoms with E-state index >= 15 is 0 Å². The van der Waals surface area contributed by atoms with Crippen LogP contribution in [0.3, 0.4) is 0 Å². The highest BCUT2D eigenvalue weighted by Gasteiger charge is 2.21. The lowest BCUT2D eigenvalue weighted by atomic mass is 9.80. The Morgan fingerprint density at radius 3 is 2.25 bits per heavy atom. The monoisotopic (exact) mass is 166 g/mol. The molecule has 5 heteroatoms. The van der Waals surface area contributed by atoms with Crippen molar-refractivity contribution in [3.8, 4) is 0 Å². The highest BCUT2D eigenvalue weighted by Crippen LogP contribution is 1.94. The van der Waals surface area contributed by atoms with Gasteiger partial charge in [0.25, 0.3) is 0 Å². The molecule has 1 aromatic carbocycles. The van der Waals surface area contributed by atoms with Gasteiger partial charge in [0, 0.05) is 11.0 Å². The number of carbonyl (C=O) groups excluding carboxylic acids is 1. The smallest absolute Gasteiger partial charge is 0.522 e. The van der Waals surface area contributed by atoms with Crippen LogP contribution in [0.2, 0.25) is 0 Å². The van der Waals surface area contributed by atoms with Gasteiger partial charge in [0.05, 0.1) is 0 Å². The van der Waals surface area contributed by atoms with E-state index in [9.17, 15) is 4.79 Å². The zero-order valence-corrected chi connectivity index (χ0v) is 6.32. The van der Waals surface area contributed by atoms with Crippen LogP contribution in [-0.4, -0.2) is 23.1 Å². The van der Waals surface area contributed by atoms with Gasteiger partial charge >= 0.3 is 7.12 Å². The number of hydrogen-bond acceptors (Lipinski definition) is 2. The fraction of sp³-hybridized carbons (Fsp3) is 0. The van der Waals surface area contributed by atoms with E-state index in [0.29, 0.717) is 11.0 Å². The molecule has 0 aliphatic rings. The van der Waals surface area contributed by atoms with Gasteiger partial charge < -0.3 is 15.8 Å². The molecule has 1 aromatic rings. The SMILES string of the molecule is NC(=O)c1ccc(B(O)[OH2+])cc1. The molecule has 0 heterocycles. The minimum Gasteiger partial charge on any atom is -0.522 e. The summed E-state index contributed by atoms with van der Waals surface area (Å²) in [7, 11) is -1.26. The summed E-state index contributed by atoms with van der Waals surface area (Å²) < 4.78 is 0. The predicted octanol–water partition coefficient (Wildman–Crippen LogP) is -1.80. The van der Waals surface area contributed by atoms with E-state index in [1.54, 1.807) is 0 Å². The molecule has 0 saturated heterocycles. The number of hydrogen-bond donors (Lipinski definition) is 2. The second kappa shape index (κ2) is 3.38. The Morgan fingerprint density at radius 2 is 1.92 bits per heavy atom. The van der Waals surface area contributed by atoms with Crippen LogP contribution in [0.4, 0.5) is 0 Å². The normalized spacial score (nSPS) is 9.50. The maximum atomic E-state index is 10.6. The van der Waals surface area contributed by atoms with Gasteiger partial charge in [0.1, 0.15) is 0 Å². The molecular formula is C7H9BNO3+. The minimum absolute atomic E-state index is 0.374. The molecule has 0 unspecified atom stereocenters. The molecule has 0 bridgehead atoms. The molecule has 0 radical (unpaired) electrons. The number of benzene rings is 1. The van der Waals surface area contributed by atoms with Crippen molar-refractivity contribution in [3.05, 3.63) is 29.8 Å². The summed E-state index contributed by atoms with van der Waals surface area (Å²) in [5.74, 6) is -0.513. The van der Waals surface area contributed by atoms with Crippen molar-refractivity contribution in [1.82, 2.24) is 0 Å². The third-order valence-corrected chi connectivity index (χ3v) is 1.51. The summed E-state index contributed by atoms with van der Waals surface area (Å²) in [5, 5.41) is 15.7. The predicted molar refractivity (Wildman–Crippen MR) is 46.2 cm³/mol. The molecule has 12 heavy (non-hydrogen) atoms. The quantitative estimate of drug-likeness (QED) is 0.401. The summed E-state index contributed by atoms with van der Waals surface area (Å²) in [6.07, 6.45) is 0. The highest BCUT2D eigenvalue weighted by molar-refractivity contribution is 6.58. The van der Waals surface area contributed by atoms with Crippen LogP contribution in [0.15, 0.2) is 24.3 Å². The fourth-order valence-corrected chi connectivity index (χ4v) is 0.830. The van der Waals surface area contributed by atoms with Crippen molar-refractivity contribution in [2.75, 3.05) is 0 Å². The number of nitrogens with two attached hydrogens (primary N) is 1. The van der Waals surface area contributed by atoms with Crippen molar-refractivity contribution in [2.45, 2.75) is 0 Å². The standard InChI is InChI=1S/C7H8BNO3/c9-7(10)5-1-3-6(4-2-5)8(11)12/h1-4,11-12H,(H2,9,10)/p+1. The van der Waals surface area contributed by atoms with Gasteiger partial charge in [0.2, 0.25) is 5.91 Å². The van der Waals surface area contributed by atoms with Gasteiger partial charge in [-0.2, -0.15) is 0 Å². The average molecular weight is 166 g/mol. The summed E-state index contributed by atoms with van der Waals surface area (Å²) in [5.41, 5.74) is 5.81. The first-order valence-corrected chi connectivity index (χ1v) is 3.40. The lowest BCUT2D eigenvalue weighted by Gasteiger charge is -1.95. The van der Waals surface area contributed by atoms with Crippen LogP contribution in [0.1, 0.15) is 10.4 Å². The zero-order valence-electron chi connectivity index (χ0n) is 6.32. The van der Waals surface area contributed by atoms with E-state index in [1.807, 2.05) is 0 Å². The third kappa shape index (κ3) is 1.84. The molecule has 5 N–H and O–H groups in total. The molecule has 0 fully saturated rings. The third-order valence-electron chi connectivity index (χ3n) is 1.51. The molecule has 0 aromatic heterocycles.